The lowest BCUT2D eigenvalue weighted by atomic mass is 10.1. The predicted molar refractivity (Wildman–Crippen MR) is 113 cm³/mol. The Morgan fingerprint density at radius 1 is 0.966 bits per heavy atom. The third-order valence-corrected chi connectivity index (χ3v) is 3.85. The second-order valence-electron chi connectivity index (χ2n) is 8.80. The topological polar surface area (TPSA) is 111 Å². The fourth-order valence-electron chi connectivity index (χ4n) is 2.77. The highest BCUT2D eigenvalue weighted by molar-refractivity contribution is 6.11. The molecule has 0 spiro atoms. The van der Waals surface area contributed by atoms with Crippen LogP contribution >= 0.6 is 0 Å². The summed E-state index contributed by atoms with van der Waals surface area (Å²) >= 11 is 0. The Balaban J connectivity index is 2.12. The van der Waals surface area contributed by atoms with E-state index in [1.165, 1.54) is 0 Å². The van der Waals surface area contributed by atoms with Gasteiger partial charge in [0.15, 0.2) is 0 Å². The van der Waals surface area contributed by atoms with E-state index in [2.05, 4.69) is 9.97 Å². The highest BCUT2D eigenvalue weighted by Gasteiger charge is 2.34. The fraction of sp³-hybridized carbons (Fsp3) is 0.381. The summed E-state index contributed by atoms with van der Waals surface area (Å²) in [6, 6.07) is 9.22. The first kappa shape index (κ1) is 20.4. The summed E-state index contributed by atoms with van der Waals surface area (Å²) in [7, 11) is 0. The van der Waals surface area contributed by atoms with E-state index >= 15 is 0 Å². The van der Waals surface area contributed by atoms with Gasteiger partial charge >= 0.3 is 12.2 Å². The molecule has 0 unspecified atom stereocenters. The number of rotatable bonds is 1. The number of fused-ring (bicyclic) bond motifs is 3. The number of carbonyl (C=O) groups is 2. The number of hydrogen-bond donors (Lipinski definition) is 2. The number of imidazole rings is 1. The van der Waals surface area contributed by atoms with Crippen LogP contribution in [0.1, 0.15) is 41.5 Å². The molecule has 0 bridgehead atoms. The van der Waals surface area contributed by atoms with Gasteiger partial charge in [-0.05, 0) is 65.1 Å². The van der Waals surface area contributed by atoms with Crippen LogP contribution in [0.4, 0.5) is 21.2 Å². The number of anilines is 2. The number of nitrogens with two attached hydrogens (primary N) is 1. The lowest BCUT2D eigenvalue weighted by Crippen LogP contribution is -2.44. The van der Waals surface area contributed by atoms with Gasteiger partial charge < -0.3 is 20.2 Å². The summed E-state index contributed by atoms with van der Waals surface area (Å²) in [5, 5.41) is 1.74. The van der Waals surface area contributed by atoms with Gasteiger partial charge in [-0.1, -0.05) is 12.1 Å². The SMILES string of the molecule is CC(C)(C)OC(=O)N(C(=O)OC(C)(C)C)c1nc2c(ccc3ccc(N)cc32)[nH]1. The van der Waals surface area contributed by atoms with Gasteiger partial charge in [-0.15, -0.1) is 4.90 Å². The minimum atomic E-state index is -0.880. The van der Waals surface area contributed by atoms with Crippen LogP contribution in [0, 0.1) is 0 Å². The summed E-state index contributed by atoms with van der Waals surface area (Å²) in [6.45, 7) is 10.3. The van der Waals surface area contributed by atoms with E-state index in [-0.39, 0.29) is 5.95 Å². The van der Waals surface area contributed by atoms with Crippen LogP contribution in [0.3, 0.4) is 0 Å². The van der Waals surface area contributed by atoms with E-state index < -0.39 is 23.4 Å². The van der Waals surface area contributed by atoms with Gasteiger partial charge in [0.25, 0.3) is 0 Å². The molecule has 0 aliphatic rings. The van der Waals surface area contributed by atoms with Crippen LogP contribution < -0.4 is 10.6 Å². The minimum Gasteiger partial charge on any atom is -0.443 e. The van der Waals surface area contributed by atoms with Gasteiger partial charge in [0.05, 0.1) is 11.0 Å². The number of aromatic amines is 1. The quantitative estimate of drug-likeness (QED) is 0.560. The zero-order valence-electron chi connectivity index (χ0n) is 17.5. The summed E-state index contributed by atoms with van der Waals surface area (Å²) in [5.41, 5.74) is 6.14. The molecule has 0 saturated carbocycles. The van der Waals surface area contributed by atoms with Crippen molar-refractivity contribution in [3.8, 4) is 0 Å². The first-order chi connectivity index (χ1) is 13.3. The largest absolute Gasteiger partial charge is 0.443 e. The number of carbonyl (C=O) groups excluding carboxylic acids is 2. The van der Waals surface area contributed by atoms with Crippen molar-refractivity contribution in [3.63, 3.8) is 0 Å². The molecule has 1 aromatic heterocycles. The van der Waals surface area contributed by atoms with Crippen molar-refractivity contribution in [1.29, 1.82) is 0 Å². The average molecular weight is 398 g/mol. The molecule has 3 rings (SSSR count). The molecule has 8 heteroatoms. The van der Waals surface area contributed by atoms with E-state index in [9.17, 15) is 9.59 Å². The Kier molecular flexibility index (Phi) is 4.90. The number of hydrogen-bond acceptors (Lipinski definition) is 6. The highest BCUT2D eigenvalue weighted by Crippen LogP contribution is 2.29. The molecule has 3 N–H and O–H groups in total. The van der Waals surface area contributed by atoms with Crippen LogP contribution in [-0.4, -0.2) is 33.4 Å². The number of H-pyrrole nitrogens is 1. The molecule has 0 atom stereocenters. The lowest BCUT2D eigenvalue weighted by Gasteiger charge is -2.27. The van der Waals surface area contributed by atoms with E-state index in [0.717, 1.165) is 15.7 Å². The number of aromatic nitrogens is 2. The molecule has 1 heterocycles. The van der Waals surface area contributed by atoms with Crippen molar-refractivity contribution in [2.24, 2.45) is 0 Å². The molecule has 3 aromatic rings. The average Bonchev–Trinajstić information content (AvgIpc) is 2.95. The van der Waals surface area contributed by atoms with Crippen LogP contribution in [0.5, 0.6) is 0 Å². The van der Waals surface area contributed by atoms with Crippen molar-refractivity contribution in [2.45, 2.75) is 52.7 Å². The first-order valence-corrected chi connectivity index (χ1v) is 9.28. The van der Waals surface area contributed by atoms with Gasteiger partial charge in [0, 0.05) is 11.1 Å². The number of amides is 2. The molecule has 29 heavy (non-hydrogen) atoms. The molecule has 0 fully saturated rings. The zero-order valence-corrected chi connectivity index (χ0v) is 17.5. The minimum absolute atomic E-state index is 0.0124. The van der Waals surface area contributed by atoms with E-state index in [1.54, 1.807) is 53.7 Å². The number of benzene rings is 2. The predicted octanol–water partition coefficient (Wildman–Crippen LogP) is 4.97. The smallest absolute Gasteiger partial charge is 0.427 e. The summed E-state index contributed by atoms with van der Waals surface area (Å²) in [6.07, 6.45) is -1.76. The molecular weight excluding hydrogens is 372 g/mol. The molecular formula is C21H26N4O4. The van der Waals surface area contributed by atoms with Crippen LogP contribution in [0.15, 0.2) is 30.3 Å². The Morgan fingerprint density at radius 2 is 1.52 bits per heavy atom. The molecule has 0 aliphatic heterocycles. The number of nitrogens with one attached hydrogen (secondary N) is 1. The normalized spacial score (nSPS) is 12.2. The van der Waals surface area contributed by atoms with Crippen LogP contribution in [-0.2, 0) is 9.47 Å². The maximum atomic E-state index is 12.8. The van der Waals surface area contributed by atoms with Crippen molar-refractivity contribution < 1.29 is 19.1 Å². The maximum absolute atomic E-state index is 12.8. The summed E-state index contributed by atoms with van der Waals surface area (Å²) < 4.78 is 10.8. The Labute approximate surface area is 169 Å². The molecule has 0 aliphatic carbocycles. The van der Waals surface area contributed by atoms with Crippen molar-refractivity contribution >= 4 is 45.6 Å². The van der Waals surface area contributed by atoms with Crippen molar-refractivity contribution in [2.75, 3.05) is 10.6 Å². The van der Waals surface area contributed by atoms with Gasteiger partial charge in [-0.2, -0.15) is 0 Å². The third kappa shape index (κ3) is 4.59. The van der Waals surface area contributed by atoms with E-state index in [4.69, 9.17) is 15.2 Å². The van der Waals surface area contributed by atoms with Crippen molar-refractivity contribution in [1.82, 2.24) is 9.97 Å². The third-order valence-electron chi connectivity index (χ3n) is 3.85. The number of nitrogens with zero attached hydrogens (tertiary/aromatic N) is 2. The summed E-state index contributed by atoms with van der Waals surface area (Å²) in [5.74, 6) is 0.0124. The molecule has 0 saturated heterocycles. The van der Waals surface area contributed by atoms with Gasteiger partial charge in [-0.3, -0.25) is 0 Å². The van der Waals surface area contributed by atoms with Crippen LogP contribution in [0.25, 0.3) is 21.8 Å². The van der Waals surface area contributed by atoms with Crippen LogP contribution in [0.2, 0.25) is 0 Å². The second-order valence-corrected chi connectivity index (χ2v) is 8.80. The van der Waals surface area contributed by atoms with E-state index in [1.807, 2.05) is 18.2 Å². The lowest BCUT2D eigenvalue weighted by molar-refractivity contribution is 0.0428. The number of imide groups is 1. The van der Waals surface area contributed by atoms with E-state index in [0.29, 0.717) is 16.7 Å². The highest BCUT2D eigenvalue weighted by atomic mass is 16.6. The zero-order chi connectivity index (χ0) is 21.6. The molecule has 0 radical (unpaired) electrons. The second kappa shape index (κ2) is 6.95. The Bertz CT molecular complexity index is 1060. The van der Waals surface area contributed by atoms with Gasteiger partial charge in [0.2, 0.25) is 5.95 Å². The fourth-order valence-corrected chi connectivity index (χ4v) is 2.77. The molecule has 2 amide bonds. The van der Waals surface area contributed by atoms with Crippen molar-refractivity contribution in [3.05, 3.63) is 30.3 Å². The number of ether oxygens (including phenoxy) is 2. The molecule has 2 aromatic carbocycles. The molecule has 154 valence electrons. The Morgan fingerprint density at radius 3 is 2.07 bits per heavy atom. The van der Waals surface area contributed by atoms with Gasteiger partial charge in [0.1, 0.15) is 11.2 Å². The maximum Gasteiger partial charge on any atom is 0.427 e. The van der Waals surface area contributed by atoms with Gasteiger partial charge in [-0.25, -0.2) is 14.6 Å². The first-order valence-electron chi connectivity index (χ1n) is 9.28. The monoisotopic (exact) mass is 398 g/mol. The Hall–Kier alpha value is -3.29. The molecule has 8 nitrogen and oxygen atoms in total. The number of nitrogen functional groups attached to an aromatic ring is 1. The summed E-state index contributed by atoms with van der Waals surface area (Å²) in [4.78, 5) is 33.9. The standard InChI is InChI=1S/C21H26N4O4/c1-20(2,3)28-18(26)25(19(27)29-21(4,5)6)17-23-15-10-8-12-7-9-13(22)11-14(12)16(15)24-17/h7-11H,22H2,1-6H3,(H,23,24).